The third-order valence-electron chi connectivity index (χ3n) is 4.68. The van der Waals surface area contributed by atoms with E-state index in [1.165, 1.54) is 18.9 Å². The van der Waals surface area contributed by atoms with Crippen LogP contribution in [0.4, 0.5) is 8.78 Å². The second kappa shape index (κ2) is 4.30. The number of halogens is 2. The maximum Gasteiger partial charge on any atom is 0.131 e. The molecule has 0 amide bonds. The van der Waals surface area contributed by atoms with Crippen molar-refractivity contribution in [3.63, 3.8) is 0 Å². The number of rotatable bonds is 2. The number of hydrogen-bond acceptors (Lipinski definition) is 1. The summed E-state index contributed by atoms with van der Waals surface area (Å²) < 4.78 is 27.0. The molecule has 18 heavy (non-hydrogen) atoms. The van der Waals surface area contributed by atoms with Gasteiger partial charge in [0.15, 0.2) is 0 Å². The van der Waals surface area contributed by atoms with Crippen LogP contribution >= 0.6 is 0 Å². The molecule has 0 saturated heterocycles. The maximum atomic E-state index is 13.7. The van der Waals surface area contributed by atoms with E-state index in [2.05, 4.69) is 0 Å². The third-order valence-corrected chi connectivity index (χ3v) is 4.68. The van der Waals surface area contributed by atoms with Crippen molar-refractivity contribution in [2.45, 2.75) is 38.7 Å². The highest BCUT2D eigenvalue weighted by atomic mass is 19.1. The number of aliphatic hydroxyl groups is 1. The Hall–Kier alpha value is -0.960. The molecule has 3 atom stereocenters. The molecule has 1 aromatic carbocycles. The minimum Gasteiger partial charge on any atom is -0.388 e. The molecule has 0 spiro atoms. The molecule has 98 valence electrons. The molecule has 2 aliphatic carbocycles. The highest BCUT2D eigenvalue weighted by Gasteiger charge is 2.54. The molecule has 0 aromatic heterocycles. The lowest BCUT2D eigenvalue weighted by Crippen LogP contribution is -2.06. The molecule has 3 rings (SSSR count). The lowest BCUT2D eigenvalue weighted by atomic mass is 10.00. The summed E-state index contributed by atoms with van der Waals surface area (Å²) >= 11 is 0. The Kier molecular flexibility index (Phi) is 2.89. The van der Waals surface area contributed by atoms with E-state index < -0.39 is 17.7 Å². The molecule has 0 radical (unpaired) electrons. The Morgan fingerprint density at radius 3 is 2.33 bits per heavy atom. The van der Waals surface area contributed by atoms with Crippen LogP contribution in [0.5, 0.6) is 0 Å². The van der Waals surface area contributed by atoms with E-state index in [4.69, 9.17) is 0 Å². The summed E-state index contributed by atoms with van der Waals surface area (Å²) in [6.07, 6.45) is 3.96. The highest BCUT2D eigenvalue weighted by Crippen LogP contribution is 2.60. The molecule has 1 N–H and O–H groups in total. The van der Waals surface area contributed by atoms with Gasteiger partial charge in [0.05, 0.1) is 6.10 Å². The first kappa shape index (κ1) is 12.1. The van der Waals surface area contributed by atoms with Crippen LogP contribution in [0.1, 0.15) is 42.9 Å². The van der Waals surface area contributed by atoms with Crippen LogP contribution in [0.3, 0.4) is 0 Å². The van der Waals surface area contributed by atoms with Crippen molar-refractivity contribution in [3.8, 4) is 0 Å². The first-order valence-electron chi connectivity index (χ1n) is 6.73. The molecule has 0 heterocycles. The monoisotopic (exact) mass is 252 g/mol. The predicted octanol–water partition coefficient (Wildman–Crippen LogP) is 3.74. The highest BCUT2D eigenvalue weighted by molar-refractivity contribution is 5.29. The standard InChI is InChI=1S/C15H18F2O/c1-8-6-11(13(17)7-12(8)16)15(18)14-9-4-2-3-5-10(9)14/h6-7,9-10,14-15,18H,2-5H2,1H3. The molecular weight excluding hydrogens is 234 g/mol. The Balaban J connectivity index is 1.85. The molecule has 2 aliphatic rings. The Morgan fingerprint density at radius 2 is 1.72 bits per heavy atom. The maximum absolute atomic E-state index is 13.7. The lowest BCUT2D eigenvalue weighted by Gasteiger charge is -2.13. The zero-order valence-electron chi connectivity index (χ0n) is 10.5. The topological polar surface area (TPSA) is 20.2 Å². The Bertz CT molecular complexity index is 460. The smallest absolute Gasteiger partial charge is 0.131 e. The molecule has 0 aliphatic heterocycles. The fourth-order valence-corrected chi connectivity index (χ4v) is 3.63. The second-order valence-corrected chi connectivity index (χ2v) is 5.76. The molecule has 3 unspecified atom stereocenters. The summed E-state index contributed by atoms with van der Waals surface area (Å²) in [6, 6.07) is 2.35. The Morgan fingerprint density at radius 1 is 1.11 bits per heavy atom. The molecule has 2 fully saturated rings. The van der Waals surface area contributed by atoms with E-state index in [0.717, 1.165) is 18.9 Å². The molecule has 2 saturated carbocycles. The molecule has 3 heteroatoms. The lowest BCUT2D eigenvalue weighted by molar-refractivity contribution is 0.137. The van der Waals surface area contributed by atoms with Gasteiger partial charge in [0, 0.05) is 11.6 Å². The van der Waals surface area contributed by atoms with E-state index in [1.54, 1.807) is 6.92 Å². The summed E-state index contributed by atoms with van der Waals surface area (Å²) in [6.45, 7) is 1.60. The van der Waals surface area contributed by atoms with Crippen molar-refractivity contribution in [3.05, 3.63) is 34.9 Å². The molecule has 0 bridgehead atoms. The minimum atomic E-state index is -0.766. The van der Waals surface area contributed by atoms with Crippen molar-refractivity contribution >= 4 is 0 Å². The van der Waals surface area contributed by atoms with Gasteiger partial charge < -0.3 is 5.11 Å². The average Bonchev–Trinajstić information content (AvgIpc) is 3.07. The van der Waals surface area contributed by atoms with Crippen LogP contribution < -0.4 is 0 Å². The van der Waals surface area contributed by atoms with Crippen molar-refractivity contribution in [1.82, 2.24) is 0 Å². The minimum absolute atomic E-state index is 0.187. The number of benzene rings is 1. The van der Waals surface area contributed by atoms with Gasteiger partial charge in [-0.15, -0.1) is 0 Å². The molecule has 1 nitrogen and oxygen atoms in total. The zero-order chi connectivity index (χ0) is 12.9. The summed E-state index contributed by atoms with van der Waals surface area (Å²) in [5, 5.41) is 10.3. The number of fused-ring (bicyclic) bond motifs is 1. The second-order valence-electron chi connectivity index (χ2n) is 5.76. The van der Waals surface area contributed by atoms with Gasteiger partial charge in [-0.1, -0.05) is 12.8 Å². The van der Waals surface area contributed by atoms with Crippen molar-refractivity contribution < 1.29 is 13.9 Å². The van der Waals surface area contributed by atoms with Crippen LogP contribution in [0.15, 0.2) is 12.1 Å². The molecular formula is C15H18F2O. The van der Waals surface area contributed by atoms with Gasteiger partial charge in [-0.05, 0) is 49.1 Å². The van der Waals surface area contributed by atoms with E-state index >= 15 is 0 Å². The zero-order valence-corrected chi connectivity index (χ0v) is 10.5. The first-order valence-corrected chi connectivity index (χ1v) is 6.73. The van der Waals surface area contributed by atoms with Gasteiger partial charge in [-0.3, -0.25) is 0 Å². The van der Waals surface area contributed by atoms with Crippen LogP contribution in [-0.4, -0.2) is 5.11 Å². The Labute approximate surface area is 106 Å². The van der Waals surface area contributed by atoms with Gasteiger partial charge in [0.2, 0.25) is 0 Å². The van der Waals surface area contributed by atoms with Gasteiger partial charge in [0.25, 0.3) is 0 Å². The average molecular weight is 252 g/mol. The first-order chi connectivity index (χ1) is 8.59. The van der Waals surface area contributed by atoms with E-state index in [9.17, 15) is 13.9 Å². The SMILES string of the molecule is Cc1cc(C(O)C2C3CCCCC32)c(F)cc1F. The fraction of sp³-hybridized carbons (Fsp3) is 0.600. The summed E-state index contributed by atoms with van der Waals surface area (Å²) in [5.74, 6) is 0.134. The normalized spacial score (nSPS) is 31.9. The number of aliphatic hydroxyl groups excluding tert-OH is 1. The van der Waals surface area contributed by atoms with Gasteiger partial charge >= 0.3 is 0 Å². The van der Waals surface area contributed by atoms with Gasteiger partial charge in [-0.25, -0.2) is 8.78 Å². The summed E-state index contributed by atoms with van der Waals surface area (Å²) in [4.78, 5) is 0. The van der Waals surface area contributed by atoms with Crippen molar-refractivity contribution in [2.75, 3.05) is 0 Å². The van der Waals surface area contributed by atoms with Crippen molar-refractivity contribution in [2.24, 2.45) is 17.8 Å². The van der Waals surface area contributed by atoms with E-state index in [0.29, 0.717) is 17.4 Å². The quantitative estimate of drug-likeness (QED) is 0.850. The van der Waals surface area contributed by atoms with Gasteiger partial charge in [-0.2, -0.15) is 0 Å². The van der Waals surface area contributed by atoms with E-state index in [1.807, 2.05) is 0 Å². The summed E-state index contributed by atoms with van der Waals surface area (Å²) in [7, 11) is 0. The number of aryl methyl sites for hydroxylation is 1. The molecule has 1 aromatic rings. The van der Waals surface area contributed by atoms with Crippen LogP contribution in [0, 0.1) is 36.3 Å². The van der Waals surface area contributed by atoms with Crippen molar-refractivity contribution in [1.29, 1.82) is 0 Å². The van der Waals surface area contributed by atoms with Crippen LogP contribution in [0.2, 0.25) is 0 Å². The van der Waals surface area contributed by atoms with Gasteiger partial charge in [0.1, 0.15) is 11.6 Å². The largest absolute Gasteiger partial charge is 0.388 e. The summed E-state index contributed by atoms with van der Waals surface area (Å²) in [5.41, 5.74) is 0.669. The third kappa shape index (κ3) is 1.85. The van der Waals surface area contributed by atoms with E-state index in [-0.39, 0.29) is 11.5 Å². The van der Waals surface area contributed by atoms with Crippen LogP contribution in [0.25, 0.3) is 0 Å². The fourth-order valence-electron chi connectivity index (χ4n) is 3.63. The number of hydrogen-bond donors (Lipinski definition) is 1. The van der Waals surface area contributed by atoms with Crippen LogP contribution in [-0.2, 0) is 0 Å². The predicted molar refractivity (Wildman–Crippen MR) is 65.0 cm³/mol.